The summed E-state index contributed by atoms with van der Waals surface area (Å²) in [6.45, 7) is 15.7. The van der Waals surface area contributed by atoms with Gasteiger partial charge in [-0.05, 0) is 53.4 Å². The van der Waals surface area contributed by atoms with Crippen molar-refractivity contribution in [1.82, 2.24) is 9.13 Å². The zero-order valence-electron chi connectivity index (χ0n) is 16.5. The molecular formula is C20H36N4+2. The summed E-state index contributed by atoms with van der Waals surface area (Å²) in [4.78, 5) is 0. The van der Waals surface area contributed by atoms with E-state index in [-0.39, 0.29) is 0 Å². The molecular weight excluding hydrogens is 296 g/mol. The van der Waals surface area contributed by atoms with Gasteiger partial charge in [0.2, 0.25) is 0 Å². The molecule has 2 rings (SSSR count). The van der Waals surface area contributed by atoms with Crippen molar-refractivity contribution in [2.75, 3.05) is 0 Å². The summed E-state index contributed by atoms with van der Waals surface area (Å²) in [5, 5.41) is 0. The van der Waals surface area contributed by atoms with Crippen LogP contribution in [-0.4, -0.2) is 9.13 Å². The van der Waals surface area contributed by atoms with E-state index in [4.69, 9.17) is 0 Å². The number of hydrogen-bond donors (Lipinski definition) is 0. The molecule has 0 fully saturated rings. The summed E-state index contributed by atoms with van der Waals surface area (Å²) >= 11 is 0. The summed E-state index contributed by atoms with van der Waals surface area (Å²) in [6.07, 6.45) is 14.0. The molecule has 0 spiro atoms. The van der Waals surface area contributed by atoms with Gasteiger partial charge in [-0.2, -0.15) is 0 Å². The lowest BCUT2D eigenvalue weighted by atomic mass is 10.2. The Labute approximate surface area is 147 Å². The molecule has 0 aliphatic carbocycles. The van der Waals surface area contributed by atoms with Crippen LogP contribution in [0, 0.1) is 13.8 Å². The van der Waals surface area contributed by atoms with Crippen molar-refractivity contribution in [3.63, 3.8) is 0 Å². The molecule has 134 valence electrons. The second kappa shape index (κ2) is 8.50. The van der Waals surface area contributed by atoms with Crippen LogP contribution >= 0.6 is 0 Å². The number of hydrogen-bond acceptors (Lipinski definition) is 0. The molecule has 24 heavy (non-hydrogen) atoms. The van der Waals surface area contributed by atoms with Crippen molar-refractivity contribution in [3.05, 3.63) is 36.4 Å². The van der Waals surface area contributed by atoms with Gasteiger partial charge in [0, 0.05) is 13.8 Å². The maximum Gasteiger partial charge on any atom is 0.253 e. The predicted molar refractivity (Wildman–Crippen MR) is 98.0 cm³/mol. The number of unbranched alkanes of at least 4 members (excludes halogenated alkanes) is 3. The minimum atomic E-state index is 0.546. The van der Waals surface area contributed by atoms with Gasteiger partial charge in [-0.15, -0.1) is 0 Å². The van der Waals surface area contributed by atoms with E-state index in [1.54, 1.807) is 0 Å². The Morgan fingerprint density at radius 1 is 0.708 bits per heavy atom. The Kier molecular flexibility index (Phi) is 6.64. The predicted octanol–water partition coefficient (Wildman–Crippen LogP) is 3.90. The van der Waals surface area contributed by atoms with E-state index in [2.05, 4.69) is 84.6 Å². The van der Waals surface area contributed by atoms with Crippen molar-refractivity contribution < 1.29 is 9.13 Å². The molecule has 0 amide bonds. The van der Waals surface area contributed by atoms with Crippen LogP contribution in [0.2, 0.25) is 0 Å². The van der Waals surface area contributed by atoms with Gasteiger partial charge in [0.25, 0.3) is 11.6 Å². The van der Waals surface area contributed by atoms with Crippen LogP contribution < -0.4 is 9.13 Å². The van der Waals surface area contributed by atoms with E-state index >= 15 is 0 Å². The molecule has 2 aromatic rings. The zero-order chi connectivity index (χ0) is 17.7. The van der Waals surface area contributed by atoms with E-state index < -0.39 is 0 Å². The first-order valence-electron chi connectivity index (χ1n) is 9.55. The molecule has 4 heteroatoms. The second-order valence-electron chi connectivity index (χ2n) is 7.49. The van der Waals surface area contributed by atoms with Gasteiger partial charge in [0.15, 0.2) is 0 Å². The molecule has 0 saturated heterocycles. The third-order valence-corrected chi connectivity index (χ3v) is 5.05. The fourth-order valence-electron chi connectivity index (χ4n) is 3.51. The van der Waals surface area contributed by atoms with E-state index in [0.717, 1.165) is 13.1 Å². The minimum Gasteiger partial charge on any atom is -0.234 e. The first kappa shape index (κ1) is 18.8. The fraction of sp³-hybridized carbons (Fsp3) is 0.700. The minimum absolute atomic E-state index is 0.546. The lowest BCUT2D eigenvalue weighted by Gasteiger charge is -2.05. The monoisotopic (exact) mass is 332 g/mol. The van der Waals surface area contributed by atoms with Crippen LogP contribution in [-0.2, 0) is 13.1 Å². The number of aryl methyl sites for hydroxylation is 2. The average molecular weight is 333 g/mol. The van der Waals surface area contributed by atoms with Crippen LogP contribution in [0.1, 0.15) is 77.1 Å². The highest BCUT2D eigenvalue weighted by atomic mass is 15.2. The Morgan fingerprint density at radius 3 is 1.38 bits per heavy atom. The number of rotatable bonds is 9. The van der Waals surface area contributed by atoms with Crippen LogP contribution in [0.5, 0.6) is 0 Å². The van der Waals surface area contributed by atoms with Crippen LogP contribution in [0.4, 0.5) is 0 Å². The first-order chi connectivity index (χ1) is 11.4. The average Bonchev–Trinajstić information content (AvgIpc) is 3.06. The molecule has 0 atom stereocenters. The summed E-state index contributed by atoms with van der Waals surface area (Å²) < 4.78 is 9.47. The summed E-state index contributed by atoms with van der Waals surface area (Å²) in [7, 11) is 0. The molecule has 0 aliphatic heterocycles. The number of nitrogens with zero attached hydrogens (tertiary/aromatic N) is 4. The number of aromatic nitrogens is 4. The Bertz CT molecular complexity index is 578. The maximum atomic E-state index is 2.39. The van der Waals surface area contributed by atoms with Gasteiger partial charge >= 0.3 is 0 Å². The van der Waals surface area contributed by atoms with E-state index in [9.17, 15) is 0 Å². The lowest BCUT2D eigenvalue weighted by molar-refractivity contribution is -0.704. The molecule has 0 N–H and O–H groups in total. The quantitative estimate of drug-likeness (QED) is 0.489. The van der Waals surface area contributed by atoms with E-state index in [0.29, 0.717) is 12.1 Å². The maximum absolute atomic E-state index is 2.39. The Balaban J connectivity index is 1.69. The number of imidazole rings is 2. The lowest BCUT2D eigenvalue weighted by Crippen LogP contribution is -2.36. The molecule has 0 bridgehead atoms. The molecule has 4 nitrogen and oxygen atoms in total. The highest BCUT2D eigenvalue weighted by Gasteiger charge is 2.15. The second-order valence-corrected chi connectivity index (χ2v) is 7.49. The highest BCUT2D eigenvalue weighted by molar-refractivity contribution is 4.83. The van der Waals surface area contributed by atoms with Crippen LogP contribution in [0.3, 0.4) is 0 Å². The van der Waals surface area contributed by atoms with Gasteiger partial charge in [0.1, 0.15) is 24.8 Å². The molecule has 2 aromatic heterocycles. The molecule has 0 aliphatic rings. The molecule has 0 aromatic carbocycles. The molecule has 2 heterocycles. The fourth-order valence-corrected chi connectivity index (χ4v) is 3.51. The Hall–Kier alpha value is -1.58. The van der Waals surface area contributed by atoms with Gasteiger partial charge < -0.3 is 0 Å². The molecule has 0 unspecified atom stereocenters. The van der Waals surface area contributed by atoms with Gasteiger partial charge in [-0.3, -0.25) is 0 Å². The summed E-state index contributed by atoms with van der Waals surface area (Å²) in [5.41, 5.74) is 0. The van der Waals surface area contributed by atoms with Gasteiger partial charge in [0.05, 0.1) is 25.2 Å². The highest BCUT2D eigenvalue weighted by Crippen LogP contribution is 2.08. The summed E-state index contributed by atoms with van der Waals surface area (Å²) in [6, 6.07) is 1.09. The molecule has 0 saturated carbocycles. The Morgan fingerprint density at radius 2 is 1.08 bits per heavy atom. The van der Waals surface area contributed by atoms with Crippen molar-refractivity contribution >= 4 is 0 Å². The van der Waals surface area contributed by atoms with E-state index in [1.807, 2.05) is 0 Å². The van der Waals surface area contributed by atoms with Crippen LogP contribution in [0.25, 0.3) is 0 Å². The third-order valence-electron chi connectivity index (χ3n) is 5.05. The van der Waals surface area contributed by atoms with Crippen molar-refractivity contribution in [2.45, 2.75) is 92.4 Å². The first-order valence-corrected chi connectivity index (χ1v) is 9.55. The SMILES string of the molecule is Cc1n(C(C)C)cc[n+]1CCCCCC[n+]1ccn(C(C)C)c1C. The van der Waals surface area contributed by atoms with E-state index in [1.165, 1.54) is 37.3 Å². The standard InChI is InChI=1S/C20H36N4/c1-17(2)23-15-13-21(19(23)5)11-9-7-8-10-12-22-14-16-24(18(3)4)20(22)6/h13-18H,7-12H2,1-6H3/q+2. The zero-order valence-corrected chi connectivity index (χ0v) is 16.5. The third kappa shape index (κ3) is 4.49. The molecule has 0 radical (unpaired) electrons. The smallest absolute Gasteiger partial charge is 0.234 e. The van der Waals surface area contributed by atoms with Crippen molar-refractivity contribution in [2.24, 2.45) is 0 Å². The topological polar surface area (TPSA) is 17.6 Å². The summed E-state index contributed by atoms with van der Waals surface area (Å²) in [5.74, 6) is 2.73. The largest absolute Gasteiger partial charge is 0.253 e. The van der Waals surface area contributed by atoms with Gasteiger partial charge in [-0.25, -0.2) is 18.3 Å². The van der Waals surface area contributed by atoms with Crippen LogP contribution in [0.15, 0.2) is 24.8 Å². The van der Waals surface area contributed by atoms with Gasteiger partial charge in [-0.1, -0.05) is 0 Å². The van der Waals surface area contributed by atoms with Crippen molar-refractivity contribution in [3.8, 4) is 0 Å². The van der Waals surface area contributed by atoms with Crippen molar-refractivity contribution in [1.29, 1.82) is 0 Å². The normalized spacial score (nSPS) is 11.8.